The van der Waals surface area contributed by atoms with E-state index in [9.17, 15) is 14.7 Å². The molecule has 1 saturated heterocycles. The van der Waals surface area contributed by atoms with E-state index in [1.54, 1.807) is 12.1 Å². The molecule has 2 aliphatic rings. The Balaban J connectivity index is 1.80. The molecular weight excluding hydrogens is 280 g/mol. The van der Waals surface area contributed by atoms with Crippen LogP contribution in [-0.2, 0) is 0 Å². The van der Waals surface area contributed by atoms with E-state index in [4.69, 9.17) is 0 Å². The second kappa shape index (κ2) is 4.90. The van der Waals surface area contributed by atoms with Gasteiger partial charge in [0.1, 0.15) is 6.23 Å². The zero-order valence-corrected chi connectivity index (χ0v) is 12.0. The van der Waals surface area contributed by atoms with Gasteiger partial charge in [0.15, 0.2) is 0 Å². The van der Waals surface area contributed by atoms with Crippen molar-refractivity contribution in [1.29, 1.82) is 0 Å². The Morgan fingerprint density at radius 2 is 1.64 bits per heavy atom. The summed E-state index contributed by atoms with van der Waals surface area (Å²) < 4.78 is 0. The van der Waals surface area contributed by atoms with Gasteiger partial charge in [-0.1, -0.05) is 24.3 Å². The highest BCUT2D eigenvalue weighted by Crippen LogP contribution is 2.31. The van der Waals surface area contributed by atoms with E-state index in [2.05, 4.69) is 5.32 Å². The number of carbonyl (C=O) groups is 2. The molecule has 22 heavy (non-hydrogen) atoms. The SMILES string of the molecule is O=C1c2cc3ccccc3cc2C(=O)N1[C@@H]1CCCNC1O. The molecule has 0 bridgehead atoms. The molecule has 1 fully saturated rings. The van der Waals surface area contributed by atoms with Crippen molar-refractivity contribution in [2.24, 2.45) is 0 Å². The van der Waals surface area contributed by atoms with Crippen molar-refractivity contribution in [2.75, 3.05) is 6.54 Å². The number of fused-ring (bicyclic) bond motifs is 2. The van der Waals surface area contributed by atoms with Crippen molar-refractivity contribution in [3.05, 3.63) is 47.5 Å². The summed E-state index contributed by atoms with van der Waals surface area (Å²) in [5, 5.41) is 14.9. The first-order valence-corrected chi connectivity index (χ1v) is 7.49. The standard InChI is InChI=1S/C17H16N2O3/c20-15-14(6-3-7-18-15)19-16(21)12-8-10-4-1-2-5-11(10)9-13(12)17(19)22/h1-2,4-5,8-9,14-15,18,20H,3,6-7H2/t14-,15?/m1/s1. The van der Waals surface area contributed by atoms with Gasteiger partial charge in [-0.2, -0.15) is 0 Å². The Hall–Kier alpha value is -2.24. The van der Waals surface area contributed by atoms with Crippen LogP contribution in [0.15, 0.2) is 36.4 Å². The maximum Gasteiger partial charge on any atom is 0.261 e. The molecular formula is C17H16N2O3. The molecule has 5 nitrogen and oxygen atoms in total. The number of imide groups is 1. The lowest BCUT2D eigenvalue weighted by molar-refractivity contribution is 0.0113. The average Bonchev–Trinajstić information content (AvgIpc) is 2.77. The number of benzene rings is 2. The first kappa shape index (κ1) is 13.4. The fourth-order valence-corrected chi connectivity index (χ4v) is 3.37. The Morgan fingerprint density at radius 1 is 1.05 bits per heavy atom. The van der Waals surface area contributed by atoms with E-state index >= 15 is 0 Å². The van der Waals surface area contributed by atoms with Gasteiger partial charge in [-0.05, 0) is 42.3 Å². The number of piperidine rings is 1. The van der Waals surface area contributed by atoms with Crippen LogP contribution in [0.25, 0.3) is 10.8 Å². The quantitative estimate of drug-likeness (QED) is 0.783. The first-order valence-electron chi connectivity index (χ1n) is 7.49. The average molecular weight is 296 g/mol. The Labute approximate surface area is 127 Å². The van der Waals surface area contributed by atoms with Gasteiger partial charge in [0, 0.05) is 0 Å². The number of rotatable bonds is 1. The molecule has 2 aliphatic heterocycles. The maximum absolute atomic E-state index is 12.7. The predicted molar refractivity (Wildman–Crippen MR) is 81.5 cm³/mol. The summed E-state index contributed by atoms with van der Waals surface area (Å²) in [6.07, 6.45) is 0.598. The number of nitrogens with one attached hydrogen (secondary N) is 1. The molecule has 0 aliphatic carbocycles. The van der Waals surface area contributed by atoms with Gasteiger partial charge >= 0.3 is 0 Å². The number of hydrogen-bond acceptors (Lipinski definition) is 4. The summed E-state index contributed by atoms with van der Waals surface area (Å²) in [5.74, 6) is -0.614. The van der Waals surface area contributed by atoms with E-state index in [-0.39, 0.29) is 11.8 Å². The second-order valence-electron chi connectivity index (χ2n) is 5.83. The van der Waals surface area contributed by atoms with E-state index in [1.165, 1.54) is 4.90 Å². The predicted octanol–water partition coefficient (Wildman–Crippen LogP) is 1.51. The van der Waals surface area contributed by atoms with E-state index in [0.717, 1.165) is 17.2 Å². The summed E-state index contributed by atoms with van der Waals surface area (Å²) in [6, 6.07) is 10.7. The minimum absolute atomic E-state index is 0.307. The number of carbonyl (C=O) groups excluding carboxylic acids is 2. The van der Waals surface area contributed by atoms with Crippen molar-refractivity contribution in [3.8, 4) is 0 Å². The van der Waals surface area contributed by atoms with Gasteiger partial charge < -0.3 is 5.11 Å². The molecule has 2 aromatic rings. The highest BCUT2D eigenvalue weighted by molar-refractivity contribution is 6.23. The zero-order chi connectivity index (χ0) is 15.3. The van der Waals surface area contributed by atoms with E-state index in [0.29, 0.717) is 24.1 Å². The van der Waals surface area contributed by atoms with Crippen LogP contribution in [0.5, 0.6) is 0 Å². The molecule has 2 atom stereocenters. The molecule has 2 N–H and O–H groups in total. The molecule has 2 amide bonds. The fourth-order valence-electron chi connectivity index (χ4n) is 3.37. The van der Waals surface area contributed by atoms with Crippen LogP contribution >= 0.6 is 0 Å². The smallest absolute Gasteiger partial charge is 0.261 e. The molecule has 112 valence electrons. The van der Waals surface area contributed by atoms with Crippen LogP contribution in [0.2, 0.25) is 0 Å². The van der Waals surface area contributed by atoms with Gasteiger partial charge in [0.05, 0.1) is 17.2 Å². The molecule has 0 radical (unpaired) electrons. The lowest BCUT2D eigenvalue weighted by atomic mass is 10.0. The van der Waals surface area contributed by atoms with Crippen molar-refractivity contribution >= 4 is 22.6 Å². The molecule has 4 rings (SSSR count). The molecule has 1 unspecified atom stereocenters. The van der Waals surface area contributed by atoms with Crippen LogP contribution < -0.4 is 5.32 Å². The van der Waals surface area contributed by atoms with Crippen molar-refractivity contribution < 1.29 is 14.7 Å². The minimum atomic E-state index is -0.856. The highest BCUT2D eigenvalue weighted by atomic mass is 16.3. The van der Waals surface area contributed by atoms with E-state index < -0.39 is 12.3 Å². The van der Waals surface area contributed by atoms with E-state index in [1.807, 2.05) is 24.3 Å². The number of hydrogen-bond donors (Lipinski definition) is 2. The molecule has 0 spiro atoms. The van der Waals surface area contributed by atoms with Gasteiger partial charge in [-0.25, -0.2) is 0 Å². The van der Waals surface area contributed by atoms with Gasteiger partial charge in [0.2, 0.25) is 0 Å². The summed E-state index contributed by atoms with van der Waals surface area (Å²) in [5.41, 5.74) is 0.864. The van der Waals surface area contributed by atoms with Crippen LogP contribution in [0.4, 0.5) is 0 Å². The summed E-state index contributed by atoms with van der Waals surface area (Å²) >= 11 is 0. The monoisotopic (exact) mass is 296 g/mol. The fraction of sp³-hybridized carbons (Fsp3) is 0.294. The molecule has 2 heterocycles. The highest BCUT2D eigenvalue weighted by Gasteiger charge is 2.43. The summed E-state index contributed by atoms with van der Waals surface area (Å²) in [6.45, 7) is 0.699. The normalized spacial score (nSPS) is 24.9. The first-order chi connectivity index (χ1) is 10.7. The van der Waals surface area contributed by atoms with Crippen LogP contribution in [0, 0.1) is 0 Å². The zero-order valence-electron chi connectivity index (χ0n) is 12.0. The lowest BCUT2D eigenvalue weighted by Crippen LogP contribution is -2.55. The van der Waals surface area contributed by atoms with Crippen LogP contribution in [0.1, 0.15) is 33.6 Å². The van der Waals surface area contributed by atoms with Crippen molar-refractivity contribution in [1.82, 2.24) is 10.2 Å². The number of aliphatic hydroxyl groups is 1. The Morgan fingerprint density at radius 3 is 2.18 bits per heavy atom. The van der Waals surface area contributed by atoms with Crippen molar-refractivity contribution in [3.63, 3.8) is 0 Å². The molecule has 0 aromatic heterocycles. The van der Waals surface area contributed by atoms with Gasteiger partial charge in [-0.15, -0.1) is 0 Å². The second-order valence-corrected chi connectivity index (χ2v) is 5.83. The van der Waals surface area contributed by atoms with Crippen molar-refractivity contribution in [2.45, 2.75) is 25.1 Å². The topological polar surface area (TPSA) is 69.6 Å². The maximum atomic E-state index is 12.7. The van der Waals surface area contributed by atoms with Gasteiger partial charge in [0.25, 0.3) is 11.8 Å². The molecule has 0 saturated carbocycles. The third-order valence-corrected chi connectivity index (χ3v) is 4.51. The Kier molecular flexibility index (Phi) is 2.99. The Bertz CT molecular complexity index is 732. The van der Waals surface area contributed by atoms with Crippen LogP contribution in [-0.4, -0.2) is 40.6 Å². The van der Waals surface area contributed by atoms with Crippen LogP contribution in [0.3, 0.4) is 0 Å². The third-order valence-electron chi connectivity index (χ3n) is 4.51. The number of nitrogens with zero attached hydrogens (tertiary/aromatic N) is 1. The van der Waals surface area contributed by atoms with Gasteiger partial charge in [-0.3, -0.25) is 19.8 Å². The summed E-state index contributed by atoms with van der Waals surface area (Å²) in [7, 11) is 0. The number of aliphatic hydroxyl groups excluding tert-OH is 1. The summed E-state index contributed by atoms with van der Waals surface area (Å²) in [4.78, 5) is 26.5. The number of amides is 2. The minimum Gasteiger partial charge on any atom is -0.376 e. The third kappa shape index (κ3) is 1.86. The largest absolute Gasteiger partial charge is 0.376 e. The molecule has 2 aromatic carbocycles. The molecule has 5 heteroatoms. The lowest BCUT2D eigenvalue weighted by Gasteiger charge is -2.34.